The second-order valence-corrected chi connectivity index (χ2v) is 4.97. The van der Waals surface area contributed by atoms with E-state index in [1.165, 1.54) is 17.7 Å². The van der Waals surface area contributed by atoms with Crippen LogP contribution in [0.4, 0.5) is 17.2 Å². The summed E-state index contributed by atoms with van der Waals surface area (Å²) < 4.78 is 0. The van der Waals surface area contributed by atoms with Gasteiger partial charge in [-0.05, 0) is 50.5 Å². The third-order valence-corrected chi connectivity index (χ3v) is 3.38. The summed E-state index contributed by atoms with van der Waals surface area (Å²) >= 11 is 0. The molecule has 2 heterocycles. The Hall–Kier alpha value is -2.10. The molecular formula is C15H18N4. The number of aromatic nitrogens is 2. The van der Waals surface area contributed by atoms with Gasteiger partial charge in [-0.15, -0.1) is 0 Å². The Labute approximate surface area is 113 Å². The van der Waals surface area contributed by atoms with Crippen LogP contribution >= 0.6 is 0 Å². The van der Waals surface area contributed by atoms with Gasteiger partial charge in [-0.3, -0.25) is 4.98 Å². The lowest BCUT2D eigenvalue weighted by molar-refractivity contribution is 0.830. The molecule has 2 N–H and O–H groups in total. The molecule has 0 saturated carbocycles. The van der Waals surface area contributed by atoms with Crippen LogP contribution in [0.5, 0.6) is 0 Å². The first-order chi connectivity index (χ1) is 9.22. The second kappa shape index (κ2) is 4.88. The fraction of sp³-hybridized carbons (Fsp3) is 0.333. The molecule has 0 bridgehead atoms. The lowest BCUT2D eigenvalue weighted by Crippen LogP contribution is -2.11. The van der Waals surface area contributed by atoms with Crippen LogP contribution in [0.15, 0.2) is 24.4 Å². The average Bonchev–Trinajstić information content (AvgIpc) is 2.43. The third-order valence-electron chi connectivity index (χ3n) is 3.38. The number of benzene rings is 1. The predicted molar refractivity (Wildman–Crippen MR) is 78.0 cm³/mol. The van der Waals surface area contributed by atoms with Crippen molar-refractivity contribution in [3.63, 3.8) is 0 Å². The van der Waals surface area contributed by atoms with Crippen LogP contribution in [0, 0.1) is 13.8 Å². The molecule has 19 heavy (non-hydrogen) atoms. The lowest BCUT2D eigenvalue weighted by atomic mass is 10.0. The summed E-state index contributed by atoms with van der Waals surface area (Å²) in [5, 5.41) is 6.78. The van der Waals surface area contributed by atoms with Gasteiger partial charge in [0.05, 0.1) is 11.4 Å². The Kier molecular flexibility index (Phi) is 3.07. The van der Waals surface area contributed by atoms with E-state index in [-0.39, 0.29) is 0 Å². The van der Waals surface area contributed by atoms with Gasteiger partial charge >= 0.3 is 0 Å². The van der Waals surface area contributed by atoms with Crippen LogP contribution in [0.25, 0.3) is 0 Å². The zero-order valence-electron chi connectivity index (χ0n) is 11.3. The SMILES string of the molecule is Cc1cnc(C)c(Nc2ccc3c(c2)CCCN3)n1. The molecule has 0 saturated heterocycles. The van der Waals surface area contributed by atoms with Gasteiger partial charge in [0, 0.05) is 24.1 Å². The summed E-state index contributed by atoms with van der Waals surface area (Å²) in [7, 11) is 0. The highest BCUT2D eigenvalue weighted by Gasteiger charge is 2.09. The van der Waals surface area contributed by atoms with E-state index in [0.29, 0.717) is 0 Å². The summed E-state index contributed by atoms with van der Waals surface area (Å²) in [4.78, 5) is 8.82. The Morgan fingerprint density at radius 1 is 1.26 bits per heavy atom. The number of hydrogen-bond donors (Lipinski definition) is 2. The first-order valence-corrected chi connectivity index (χ1v) is 6.66. The van der Waals surface area contributed by atoms with Crippen LogP contribution in [-0.4, -0.2) is 16.5 Å². The normalized spacial score (nSPS) is 13.6. The highest BCUT2D eigenvalue weighted by atomic mass is 15.0. The van der Waals surface area contributed by atoms with E-state index in [9.17, 15) is 0 Å². The van der Waals surface area contributed by atoms with E-state index in [2.05, 4.69) is 38.8 Å². The fourth-order valence-corrected chi connectivity index (χ4v) is 2.35. The molecule has 0 atom stereocenters. The molecule has 0 spiro atoms. The van der Waals surface area contributed by atoms with Crippen LogP contribution in [-0.2, 0) is 6.42 Å². The van der Waals surface area contributed by atoms with Crippen molar-refractivity contribution in [1.29, 1.82) is 0 Å². The zero-order chi connectivity index (χ0) is 13.2. The standard InChI is InChI=1S/C15H18N4/c1-10-9-17-11(2)15(18-10)19-13-5-6-14-12(8-13)4-3-7-16-14/h5-6,8-9,16H,3-4,7H2,1-2H3,(H,18,19). The van der Waals surface area contributed by atoms with Crippen molar-refractivity contribution in [3.8, 4) is 0 Å². The minimum absolute atomic E-state index is 0.837. The smallest absolute Gasteiger partial charge is 0.152 e. The maximum absolute atomic E-state index is 4.49. The van der Waals surface area contributed by atoms with Crippen molar-refractivity contribution in [2.24, 2.45) is 0 Å². The Morgan fingerprint density at radius 2 is 2.16 bits per heavy atom. The average molecular weight is 254 g/mol. The van der Waals surface area contributed by atoms with Crippen molar-refractivity contribution < 1.29 is 0 Å². The first kappa shape index (κ1) is 12.0. The Balaban J connectivity index is 1.89. The molecule has 3 rings (SSSR count). The summed E-state index contributed by atoms with van der Waals surface area (Å²) in [6.45, 7) is 4.99. The number of rotatable bonds is 2. The molecule has 0 fully saturated rings. The van der Waals surface area contributed by atoms with Gasteiger partial charge in [0.1, 0.15) is 0 Å². The highest BCUT2D eigenvalue weighted by Crippen LogP contribution is 2.27. The van der Waals surface area contributed by atoms with Crippen LogP contribution < -0.4 is 10.6 Å². The van der Waals surface area contributed by atoms with Crippen LogP contribution in [0.1, 0.15) is 23.4 Å². The first-order valence-electron chi connectivity index (χ1n) is 6.66. The van der Waals surface area contributed by atoms with E-state index in [0.717, 1.165) is 35.9 Å². The molecule has 0 radical (unpaired) electrons. The number of fused-ring (bicyclic) bond motifs is 1. The van der Waals surface area contributed by atoms with Gasteiger partial charge in [-0.1, -0.05) is 0 Å². The van der Waals surface area contributed by atoms with Gasteiger partial charge in [-0.25, -0.2) is 4.98 Å². The van der Waals surface area contributed by atoms with Gasteiger partial charge < -0.3 is 10.6 Å². The molecule has 1 aromatic carbocycles. The minimum atomic E-state index is 0.837. The number of nitrogens with one attached hydrogen (secondary N) is 2. The van der Waals surface area contributed by atoms with Crippen molar-refractivity contribution in [3.05, 3.63) is 41.3 Å². The molecule has 4 heteroatoms. The zero-order valence-corrected chi connectivity index (χ0v) is 11.3. The number of aryl methyl sites for hydroxylation is 3. The van der Waals surface area contributed by atoms with Crippen molar-refractivity contribution >= 4 is 17.2 Å². The van der Waals surface area contributed by atoms with E-state index in [4.69, 9.17) is 0 Å². The number of hydrogen-bond acceptors (Lipinski definition) is 4. The topological polar surface area (TPSA) is 49.8 Å². The molecule has 0 unspecified atom stereocenters. The largest absolute Gasteiger partial charge is 0.385 e. The van der Waals surface area contributed by atoms with Crippen LogP contribution in [0.2, 0.25) is 0 Å². The molecule has 0 amide bonds. The van der Waals surface area contributed by atoms with Crippen LogP contribution in [0.3, 0.4) is 0 Å². The number of nitrogens with zero attached hydrogens (tertiary/aromatic N) is 2. The quantitative estimate of drug-likeness (QED) is 0.864. The summed E-state index contributed by atoms with van der Waals surface area (Å²) in [5.41, 5.74) is 5.54. The Morgan fingerprint density at radius 3 is 3.05 bits per heavy atom. The summed E-state index contributed by atoms with van der Waals surface area (Å²) in [5.74, 6) is 0.837. The van der Waals surface area contributed by atoms with Gasteiger partial charge in [-0.2, -0.15) is 0 Å². The fourth-order valence-electron chi connectivity index (χ4n) is 2.35. The van der Waals surface area contributed by atoms with Crippen molar-refractivity contribution in [2.75, 3.05) is 17.2 Å². The monoisotopic (exact) mass is 254 g/mol. The second-order valence-electron chi connectivity index (χ2n) is 4.97. The molecule has 1 aliphatic rings. The number of anilines is 3. The minimum Gasteiger partial charge on any atom is -0.385 e. The molecule has 1 aliphatic heterocycles. The summed E-state index contributed by atoms with van der Waals surface area (Å²) in [6, 6.07) is 6.42. The molecule has 2 aromatic rings. The maximum atomic E-state index is 4.49. The van der Waals surface area contributed by atoms with E-state index < -0.39 is 0 Å². The molecular weight excluding hydrogens is 236 g/mol. The lowest BCUT2D eigenvalue weighted by Gasteiger charge is -2.19. The van der Waals surface area contributed by atoms with Crippen molar-refractivity contribution in [1.82, 2.24) is 9.97 Å². The van der Waals surface area contributed by atoms with Gasteiger partial charge in [0.2, 0.25) is 0 Å². The Bertz CT molecular complexity index is 607. The van der Waals surface area contributed by atoms with Crippen molar-refractivity contribution in [2.45, 2.75) is 26.7 Å². The molecule has 4 nitrogen and oxygen atoms in total. The van der Waals surface area contributed by atoms with Gasteiger partial charge in [0.15, 0.2) is 5.82 Å². The van der Waals surface area contributed by atoms with Gasteiger partial charge in [0.25, 0.3) is 0 Å². The third kappa shape index (κ3) is 2.52. The maximum Gasteiger partial charge on any atom is 0.152 e. The predicted octanol–water partition coefficient (Wildman–Crippen LogP) is 3.20. The molecule has 0 aliphatic carbocycles. The summed E-state index contributed by atoms with van der Waals surface area (Å²) in [6.07, 6.45) is 4.12. The molecule has 98 valence electrons. The van der Waals surface area contributed by atoms with E-state index in [1.54, 1.807) is 6.20 Å². The molecule has 1 aromatic heterocycles. The van der Waals surface area contributed by atoms with E-state index >= 15 is 0 Å². The van der Waals surface area contributed by atoms with E-state index in [1.807, 2.05) is 13.8 Å². The highest BCUT2D eigenvalue weighted by molar-refractivity contribution is 5.65.